The van der Waals surface area contributed by atoms with Crippen LogP contribution in [-0.4, -0.2) is 19.0 Å². The number of hydrogen-bond donors (Lipinski definition) is 0. The molecule has 0 amide bonds. The van der Waals surface area contributed by atoms with Gasteiger partial charge >= 0.3 is 5.97 Å². The average molecular weight is 393 g/mol. The van der Waals surface area contributed by atoms with Gasteiger partial charge in [-0.3, -0.25) is 0 Å². The van der Waals surface area contributed by atoms with E-state index in [4.69, 9.17) is 21.1 Å². The molecular formula is C17H11BrClNO3. The number of aliphatic imine (C=N–C) groups is 1. The van der Waals surface area contributed by atoms with Crippen molar-refractivity contribution in [3.8, 4) is 5.75 Å². The largest absolute Gasteiger partial charge is 0.496 e. The lowest BCUT2D eigenvalue weighted by Gasteiger charge is -2.07. The van der Waals surface area contributed by atoms with E-state index < -0.39 is 5.97 Å². The van der Waals surface area contributed by atoms with Gasteiger partial charge in [-0.15, -0.1) is 0 Å². The van der Waals surface area contributed by atoms with Crippen LogP contribution in [0.4, 0.5) is 0 Å². The van der Waals surface area contributed by atoms with Crippen LogP contribution in [0, 0.1) is 0 Å². The normalized spacial score (nSPS) is 15.5. The van der Waals surface area contributed by atoms with Gasteiger partial charge in [-0.1, -0.05) is 45.7 Å². The zero-order valence-electron chi connectivity index (χ0n) is 12.0. The smallest absolute Gasteiger partial charge is 0.363 e. The molecule has 0 aromatic heterocycles. The first-order valence-corrected chi connectivity index (χ1v) is 7.86. The van der Waals surface area contributed by atoms with E-state index in [1.807, 2.05) is 18.2 Å². The average Bonchev–Trinajstić information content (AvgIpc) is 2.90. The summed E-state index contributed by atoms with van der Waals surface area (Å²) in [5.74, 6) is 0.243. The van der Waals surface area contributed by atoms with Gasteiger partial charge in [0, 0.05) is 9.50 Å². The van der Waals surface area contributed by atoms with Crippen molar-refractivity contribution >= 4 is 45.5 Å². The Hall–Kier alpha value is -2.11. The molecule has 3 rings (SSSR count). The van der Waals surface area contributed by atoms with E-state index in [-0.39, 0.29) is 11.6 Å². The Bertz CT molecular complexity index is 845. The number of carbonyl (C=O) groups is 1. The zero-order chi connectivity index (χ0) is 16.4. The molecule has 0 saturated heterocycles. The zero-order valence-corrected chi connectivity index (χ0v) is 14.4. The fraction of sp³-hybridized carbons (Fsp3) is 0.0588. The number of esters is 1. The van der Waals surface area contributed by atoms with Crippen LogP contribution in [0.5, 0.6) is 5.75 Å². The standard InChI is InChI=1S/C17H11BrClNO3/c1-22-15-7-6-11(18)9-12(15)16-20-14(17(21)23-16)8-10-4-2-3-5-13(10)19/h2-9H,1H3/b14-8+. The minimum Gasteiger partial charge on any atom is -0.496 e. The highest BCUT2D eigenvalue weighted by Crippen LogP contribution is 2.28. The fourth-order valence-electron chi connectivity index (χ4n) is 2.11. The SMILES string of the molecule is COc1ccc(Br)cc1C1=N/C(=C/c2ccccc2Cl)C(=O)O1. The fourth-order valence-corrected chi connectivity index (χ4v) is 2.66. The Morgan fingerprint density at radius 1 is 1.26 bits per heavy atom. The molecule has 0 N–H and O–H groups in total. The third-order valence-corrected chi connectivity index (χ3v) is 4.05. The maximum absolute atomic E-state index is 12.1. The summed E-state index contributed by atoms with van der Waals surface area (Å²) in [6, 6.07) is 12.6. The van der Waals surface area contributed by atoms with Crippen LogP contribution in [0.15, 0.2) is 57.6 Å². The van der Waals surface area contributed by atoms with Gasteiger partial charge < -0.3 is 9.47 Å². The van der Waals surface area contributed by atoms with Crippen molar-refractivity contribution in [3.05, 3.63) is 68.8 Å². The molecule has 4 nitrogen and oxygen atoms in total. The van der Waals surface area contributed by atoms with Gasteiger partial charge in [0.25, 0.3) is 0 Å². The van der Waals surface area contributed by atoms with Gasteiger partial charge in [-0.25, -0.2) is 9.79 Å². The van der Waals surface area contributed by atoms with E-state index in [0.717, 1.165) is 4.47 Å². The maximum atomic E-state index is 12.1. The third-order valence-electron chi connectivity index (χ3n) is 3.21. The minimum atomic E-state index is -0.526. The van der Waals surface area contributed by atoms with E-state index in [0.29, 0.717) is 21.9 Å². The monoisotopic (exact) mass is 391 g/mol. The second-order valence-corrected chi connectivity index (χ2v) is 6.03. The molecule has 116 valence electrons. The molecule has 0 unspecified atom stereocenters. The van der Waals surface area contributed by atoms with Crippen molar-refractivity contribution in [2.75, 3.05) is 7.11 Å². The van der Waals surface area contributed by atoms with Crippen molar-refractivity contribution < 1.29 is 14.3 Å². The molecule has 0 spiro atoms. The molecule has 2 aromatic carbocycles. The quantitative estimate of drug-likeness (QED) is 0.572. The van der Waals surface area contributed by atoms with Crippen molar-refractivity contribution in [1.29, 1.82) is 0 Å². The molecule has 0 radical (unpaired) electrons. The minimum absolute atomic E-state index is 0.190. The Balaban J connectivity index is 2.03. The summed E-state index contributed by atoms with van der Waals surface area (Å²) < 4.78 is 11.4. The summed E-state index contributed by atoms with van der Waals surface area (Å²) in [4.78, 5) is 16.3. The molecule has 1 aliphatic heterocycles. The Morgan fingerprint density at radius 2 is 2.04 bits per heavy atom. The lowest BCUT2D eigenvalue weighted by Crippen LogP contribution is -2.07. The van der Waals surface area contributed by atoms with Crippen molar-refractivity contribution in [1.82, 2.24) is 0 Å². The molecular weight excluding hydrogens is 382 g/mol. The number of ether oxygens (including phenoxy) is 2. The number of nitrogens with zero attached hydrogens (tertiary/aromatic N) is 1. The van der Waals surface area contributed by atoms with Crippen LogP contribution < -0.4 is 4.74 Å². The van der Waals surface area contributed by atoms with Gasteiger partial charge in [0.15, 0.2) is 5.70 Å². The lowest BCUT2D eigenvalue weighted by atomic mass is 10.2. The first-order valence-electron chi connectivity index (χ1n) is 6.69. The Kier molecular flexibility index (Phi) is 4.50. The number of benzene rings is 2. The summed E-state index contributed by atoms with van der Waals surface area (Å²) in [5.41, 5.74) is 1.49. The van der Waals surface area contributed by atoms with Crippen LogP contribution in [0.25, 0.3) is 6.08 Å². The summed E-state index contributed by atoms with van der Waals surface area (Å²) in [5, 5.41) is 0.538. The second-order valence-electron chi connectivity index (χ2n) is 4.70. The lowest BCUT2D eigenvalue weighted by molar-refractivity contribution is -0.129. The predicted octanol–water partition coefficient (Wildman–Crippen LogP) is 4.46. The van der Waals surface area contributed by atoms with Crippen LogP contribution in [0.1, 0.15) is 11.1 Å². The predicted molar refractivity (Wildman–Crippen MR) is 92.8 cm³/mol. The Morgan fingerprint density at radius 3 is 2.78 bits per heavy atom. The highest BCUT2D eigenvalue weighted by Gasteiger charge is 2.26. The summed E-state index contributed by atoms with van der Waals surface area (Å²) in [6.07, 6.45) is 1.60. The molecule has 0 aliphatic carbocycles. The van der Waals surface area contributed by atoms with Crippen molar-refractivity contribution in [2.24, 2.45) is 4.99 Å². The molecule has 0 fully saturated rings. The molecule has 6 heteroatoms. The highest BCUT2D eigenvalue weighted by molar-refractivity contribution is 9.10. The number of halogens is 2. The first-order chi connectivity index (χ1) is 11.1. The molecule has 1 aliphatic rings. The van der Waals surface area contributed by atoms with Gasteiger partial charge in [0.2, 0.25) is 5.90 Å². The van der Waals surface area contributed by atoms with Crippen LogP contribution in [0.2, 0.25) is 5.02 Å². The molecule has 0 saturated carbocycles. The number of rotatable bonds is 3. The second kappa shape index (κ2) is 6.56. The van der Waals surface area contributed by atoms with E-state index in [1.54, 1.807) is 37.5 Å². The van der Waals surface area contributed by atoms with Gasteiger partial charge in [0.1, 0.15) is 5.75 Å². The molecule has 23 heavy (non-hydrogen) atoms. The first kappa shape index (κ1) is 15.8. The number of carbonyl (C=O) groups excluding carboxylic acids is 1. The number of hydrogen-bond acceptors (Lipinski definition) is 4. The molecule has 0 atom stereocenters. The van der Waals surface area contributed by atoms with E-state index in [1.165, 1.54) is 0 Å². The summed E-state index contributed by atoms with van der Waals surface area (Å²) >= 11 is 9.48. The van der Waals surface area contributed by atoms with Crippen molar-refractivity contribution in [3.63, 3.8) is 0 Å². The Labute approximate surface area is 146 Å². The topological polar surface area (TPSA) is 47.9 Å². The molecule has 2 aromatic rings. The van der Waals surface area contributed by atoms with E-state index >= 15 is 0 Å². The maximum Gasteiger partial charge on any atom is 0.363 e. The number of cyclic esters (lactones) is 1. The van der Waals surface area contributed by atoms with Gasteiger partial charge in [-0.2, -0.15) is 0 Å². The summed E-state index contributed by atoms with van der Waals surface area (Å²) in [6.45, 7) is 0. The molecule has 1 heterocycles. The summed E-state index contributed by atoms with van der Waals surface area (Å²) in [7, 11) is 1.55. The number of methoxy groups -OCH3 is 1. The van der Waals surface area contributed by atoms with E-state index in [2.05, 4.69) is 20.9 Å². The van der Waals surface area contributed by atoms with Gasteiger partial charge in [0.05, 0.1) is 12.7 Å². The van der Waals surface area contributed by atoms with Crippen molar-refractivity contribution in [2.45, 2.75) is 0 Å². The van der Waals surface area contributed by atoms with Gasteiger partial charge in [-0.05, 0) is 35.9 Å². The van der Waals surface area contributed by atoms with Crippen LogP contribution in [-0.2, 0) is 9.53 Å². The highest BCUT2D eigenvalue weighted by atomic mass is 79.9. The van der Waals surface area contributed by atoms with Crippen LogP contribution >= 0.6 is 27.5 Å². The van der Waals surface area contributed by atoms with Crippen LogP contribution in [0.3, 0.4) is 0 Å². The van der Waals surface area contributed by atoms with E-state index in [9.17, 15) is 4.79 Å². The third kappa shape index (κ3) is 3.30. The molecule has 0 bridgehead atoms.